The van der Waals surface area contributed by atoms with Gasteiger partial charge < -0.3 is 14.8 Å². The average molecular weight is 319 g/mol. The average Bonchev–Trinajstić information content (AvgIpc) is 3.25. The van der Waals surface area contributed by atoms with Gasteiger partial charge in [-0.05, 0) is 35.0 Å². The van der Waals surface area contributed by atoms with Gasteiger partial charge in [0.15, 0.2) is 0 Å². The molecule has 4 nitrogen and oxygen atoms in total. The lowest BCUT2D eigenvalue weighted by atomic mass is 10.2. The largest absolute Gasteiger partial charge is 0.458 e. The summed E-state index contributed by atoms with van der Waals surface area (Å²) in [6.45, 7) is 0.116. The zero-order chi connectivity index (χ0) is 14.7. The highest BCUT2D eigenvalue weighted by Crippen LogP contribution is 2.26. The van der Waals surface area contributed by atoms with E-state index >= 15 is 0 Å². The van der Waals surface area contributed by atoms with E-state index in [0.29, 0.717) is 11.3 Å². The third kappa shape index (κ3) is 3.24. The van der Waals surface area contributed by atoms with Crippen molar-refractivity contribution in [2.75, 3.05) is 6.54 Å². The number of aliphatic hydroxyl groups excluding tert-OH is 1. The van der Waals surface area contributed by atoms with Crippen LogP contribution in [-0.2, 0) is 0 Å². The first-order valence-corrected chi connectivity index (χ1v) is 8.23. The minimum absolute atomic E-state index is 0.116. The van der Waals surface area contributed by atoms with Gasteiger partial charge in [0, 0.05) is 21.9 Å². The van der Waals surface area contributed by atoms with Crippen molar-refractivity contribution in [1.29, 1.82) is 0 Å². The minimum Gasteiger partial charge on any atom is -0.458 e. The molecule has 0 aliphatic carbocycles. The number of carbonyl (C=O) groups is 1. The molecule has 1 unspecified atom stereocenters. The van der Waals surface area contributed by atoms with Crippen LogP contribution in [0.3, 0.4) is 0 Å². The van der Waals surface area contributed by atoms with Crippen molar-refractivity contribution in [3.05, 3.63) is 57.1 Å². The Bertz CT molecular complexity index is 701. The molecule has 3 rings (SSSR count). The standard InChI is InChI=1S/C15H13NO3S2/c17-12(7-16-15(18)11-4-6-21-9-11)14-2-1-13(19-14)10-3-5-20-8-10/h1-6,8-9,12,17H,7H2,(H,16,18). The number of aliphatic hydroxyl groups is 1. The van der Waals surface area contributed by atoms with Crippen molar-refractivity contribution in [2.45, 2.75) is 6.10 Å². The molecule has 0 bridgehead atoms. The molecular weight excluding hydrogens is 306 g/mol. The van der Waals surface area contributed by atoms with E-state index in [-0.39, 0.29) is 12.5 Å². The Morgan fingerprint density at radius 2 is 2.00 bits per heavy atom. The first-order chi connectivity index (χ1) is 10.2. The summed E-state index contributed by atoms with van der Waals surface area (Å²) < 4.78 is 5.62. The molecule has 0 aliphatic heterocycles. The molecule has 0 radical (unpaired) electrons. The third-order valence-electron chi connectivity index (χ3n) is 3.00. The molecule has 0 aliphatic rings. The fourth-order valence-electron chi connectivity index (χ4n) is 1.88. The Labute approximate surface area is 129 Å². The molecule has 2 N–H and O–H groups in total. The summed E-state index contributed by atoms with van der Waals surface area (Å²) in [7, 11) is 0. The Hall–Kier alpha value is -1.89. The predicted octanol–water partition coefficient (Wildman–Crippen LogP) is 3.53. The lowest BCUT2D eigenvalue weighted by Crippen LogP contribution is -2.27. The highest BCUT2D eigenvalue weighted by atomic mass is 32.1. The molecule has 6 heteroatoms. The second kappa shape index (κ2) is 6.26. The SMILES string of the molecule is O=C(NCC(O)c1ccc(-c2ccsc2)o1)c1ccsc1. The number of amides is 1. The second-order valence-corrected chi connectivity index (χ2v) is 6.01. The zero-order valence-corrected chi connectivity index (χ0v) is 12.6. The third-order valence-corrected chi connectivity index (χ3v) is 4.37. The Morgan fingerprint density at radius 1 is 1.19 bits per heavy atom. The fraction of sp³-hybridized carbons (Fsp3) is 0.133. The van der Waals surface area contributed by atoms with E-state index in [1.807, 2.05) is 28.3 Å². The molecule has 3 aromatic heterocycles. The van der Waals surface area contributed by atoms with E-state index < -0.39 is 6.10 Å². The molecule has 0 spiro atoms. The number of nitrogens with one attached hydrogen (secondary N) is 1. The second-order valence-electron chi connectivity index (χ2n) is 4.45. The van der Waals surface area contributed by atoms with Gasteiger partial charge in [-0.1, -0.05) is 0 Å². The quantitative estimate of drug-likeness (QED) is 0.756. The topological polar surface area (TPSA) is 62.5 Å². The molecule has 21 heavy (non-hydrogen) atoms. The van der Waals surface area contributed by atoms with Gasteiger partial charge in [0.2, 0.25) is 0 Å². The number of thiophene rings is 2. The highest BCUT2D eigenvalue weighted by Gasteiger charge is 2.15. The van der Waals surface area contributed by atoms with Crippen LogP contribution < -0.4 is 5.32 Å². The van der Waals surface area contributed by atoms with Crippen molar-refractivity contribution in [2.24, 2.45) is 0 Å². The maximum Gasteiger partial charge on any atom is 0.252 e. The first-order valence-electron chi connectivity index (χ1n) is 6.35. The van der Waals surface area contributed by atoms with E-state index in [9.17, 15) is 9.90 Å². The molecule has 1 atom stereocenters. The van der Waals surface area contributed by atoms with Gasteiger partial charge >= 0.3 is 0 Å². The normalized spacial score (nSPS) is 12.2. The number of hydrogen-bond donors (Lipinski definition) is 2. The lowest BCUT2D eigenvalue weighted by Gasteiger charge is -2.09. The molecule has 1 amide bonds. The van der Waals surface area contributed by atoms with Gasteiger partial charge in [-0.3, -0.25) is 4.79 Å². The van der Waals surface area contributed by atoms with Crippen molar-refractivity contribution >= 4 is 28.6 Å². The first kappa shape index (κ1) is 14.1. The van der Waals surface area contributed by atoms with Crippen molar-refractivity contribution in [3.63, 3.8) is 0 Å². The van der Waals surface area contributed by atoms with Crippen LogP contribution in [0.25, 0.3) is 11.3 Å². The Balaban J connectivity index is 1.61. The van der Waals surface area contributed by atoms with Gasteiger partial charge in [0.1, 0.15) is 17.6 Å². The predicted molar refractivity (Wildman–Crippen MR) is 83.6 cm³/mol. The van der Waals surface area contributed by atoms with Crippen LogP contribution in [0.1, 0.15) is 22.2 Å². The van der Waals surface area contributed by atoms with Crippen molar-refractivity contribution < 1.29 is 14.3 Å². The summed E-state index contributed by atoms with van der Waals surface area (Å²) >= 11 is 3.05. The van der Waals surface area contributed by atoms with Crippen molar-refractivity contribution in [1.82, 2.24) is 5.32 Å². The number of hydrogen-bond acceptors (Lipinski definition) is 5. The van der Waals surface area contributed by atoms with Crippen LogP contribution in [0.15, 0.2) is 50.2 Å². The van der Waals surface area contributed by atoms with Crippen molar-refractivity contribution in [3.8, 4) is 11.3 Å². The summed E-state index contributed by atoms with van der Waals surface area (Å²) in [4.78, 5) is 11.8. The number of carbonyl (C=O) groups excluding carboxylic acids is 1. The van der Waals surface area contributed by atoms with E-state index in [4.69, 9.17) is 4.42 Å². The molecule has 3 aromatic rings. The Kier molecular flexibility index (Phi) is 4.19. The zero-order valence-electron chi connectivity index (χ0n) is 11.0. The van der Waals surface area contributed by atoms with Gasteiger partial charge in [-0.2, -0.15) is 22.7 Å². The minimum atomic E-state index is -0.861. The van der Waals surface area contributed by atoms with E-state index in [1.54, 1.807) is 28.8 Å². The van der Waals surface area contributed by atoms with E-state index in [0.717, 1.165) is 11.3 Å². The van der Waals surface area contributed by atoms with Crippen LogP contribution in [0.2, 0.25) is 0 Å². The summed E-state index contributed by atoms with van der Waals surface area (Å²) in [5.74, 6) is 0.969. The molecule has 108 valence electrons. The molecule has 0 aromatic carbocycles. The maximum absolute atomic E-state index is 11.8. The van der Waals surface area contributed by atoms with Crippen LogP contribution in [-0.4, -0.2) is 17.6 Å². The van der Waals surface area contributed by atoms with Crippen LogP contribution >= 0.6 is 22.7 Å². The maximum atomic E-state index is 11.8. The van der Waals surface area contributed by atoms with E-state index in [1.165, 1.54) is 11.3 Å². The summed E-state index contributed by atoms with van der Waals surface area (Å²) in [5, 5.41) is 20.3. The van der Waals surface area contributed by atoms with Crippen LogP contribution in [0, 0.1) is 0 Å². The molecule has 0 fully saturated rings. The monoisotopic (exact) mass is 319 g/mol. The van der Waals surface area contributed by atoms with Crippen LogP contribution in [0.4, 0.5) is 0 Å². The number of furan rings is 1. The molecule has 0 saturated heterocycles. The smallest absolute Gasteiger partial charge is 0.252 e. The summed E-state index contributed by atoms with van der Waals surface area (Å²) in [5.41, 5.74) is 1.59. The highest BCUT2D eigenvalue weighted by molar-refractivity contribution is 7.08. The van der Waals surface area contributed by atoms with E-state index in [2.05, 4.69) is 5.32 Å². The number of rotatable bonds is 5. The fourth-order valence-corrected chi connectivity index (χ4v) is 3.16. The molecule has 3 heterocycles. The molecular formula is C15H13NO3S2. The van der Waals surface area contributed by atoms with Gasteiger partial charge in [-0.25, -0.2) is 0 Å². The van der Waals surface area contributed by atoms with Gasteiger partial charge in [0.05, 0.1) is 6.54 Å². The van der Waals surface area contributed by atoms with Gasteiger partial charge in [0.25, 0.3) is 5.91 Å². The summed E-state index contributed by atoms with van der Waals surface area (Å²) in [6, 6.07) is 7.25. The Morgan fingerprint density at radius 3 is 2.71 bits per heavy atom. The van der Waals surface area contributed by atoms with Crippen LogP contribution in [0.5, 0.6) is 0 Å². The lowest BCUT2D eigenvalue weighted by molar-refractivity contribution is 0.0902. The van der Waals surface area contributed by atoms with Gasteiger partial charge in [-0.15, -0.1) is 0 Å². The summed E-state index contributed by atoms with van der Waals surface area (Å²) in [6.07, 6.45) is -0.861. The molecule has 0 saturated carbocycles.